The molecule has 31 heavy (non-hydrogen) atoms. The monoisotopic (exact) mass is 437 g/mol. The molecule has 162 valence electrons. The lowest BCUT2D eigenvalue weighted by Gasteiger charge is -2.23. The minimum atomic E-state index is -4.12. The Kier molecular flexibility index (Phi) is 7.13. The maximum absolute atomic E-state index is 13.5. The van der Waals surface area contributed by atoms with Gasteiger partial charge in [-0.3, -0.25) is 4.79 Å². The molecule has 0 radical (unpaired) electrons. The first-order valence-corrected chi connectivity index (χ1v) is 11.7. The molecule has 0 atom stereocenters. The number of nitrogens with zero attached hydrogens (tertiary/aromatic N) is 1. The predicted octanol–water partition coefficient (Wildman–Crippen LogP) is 5.38. The highest BCUT2D eigenvalue weighted by Gasteiger charge is 2.32. The molecule has 5 nitrogen and oxygen atoms in total. The van der Waals surface area contributed by atoms with Gasteiger partial charge in [-0.25, -0.2) is 8.42 Å². The molecule has 0 unspecified atom stereocenters. The van der Waals surface area contributed by atoms with E-state index in [1.807, 2.05) is 19.1 Å². The van der Waals surface area contributed by atoms with Gasteiger partial charge in [-0.15, -0.1) is 0 Å². The van der Waals surface area contributed by atoms with Crippen LogP contribution in [0.2, 0.25) is 0 Å². The topological polar surface area (TPSA) is 63.7 Å². The summed E-state index contributed by atoms with van der Waals surface area (Å²) in [5.41, 5.74) is 2.57. The third-order valence-corrected chi connectivity index (χ3v) is 6.78. The highest BCUT2D eigenvalue weighted by atomic mass is 32.2. The molecule has 3 aromatic rings. The highest BCUT2D eigenvalue weighted by Crippen LogP contribution is 2.28. The van der Waals surface area contributed by atoms with E-state index in [0.29, 0.717) is 11.4 Å². The summed E-state index contributed by atoms with van der Waals surface area (Å²) in [6.45, 7) is 4.00. The first-order chi connectivity index (χ1) is 14.9. The molecule has 1 amide bonds. The summed E-state index contributed by atoms with van der Waals surface area (Å²) in [5.74, 6) is -0.158. The molecule has 0 spiro atoms. The quantitative estimate of drug-likeness (QED) is 0.474. The molecule has 6 heteroatoms. The van der Waals surface area contributed by atoms with E-state index < -0.39 is 15.9 Å². The summed E-state index contributed by atoms with van der Waals surface area (Å²) < 4.78 is 33.2. The number of methoxy groups -OCH3 is 1. The molecule has 0 saturated carbocycles. The summed E-state index contributed by atoms with van der Waals surface area (Å²) in [6.07, 6.45) is 3.03. The maximum atomic E-state index is 13.5. The van der Waals surface area contributed by atoms with Crippen LogP contribution in [-0.2, 0) is 16.4 Å². The summed E-state index contributed by atoms with van der Waals surface area (Å²) in [7, 11) is -2.63. The smallest absolute Gasteiger partial charge is 0.272 e. The van der Waals surface area contributed by atoms with Gasteiger partial charge in [-0.2, -0.15) is 4.31 Å². The molecule has 3 rings (SSSR count). The van der Waals surface area contributed by atoms with Crippen molar-refractivity contribution >= 4 is 21.6 Å². The van der Waals surface area contributed by atoms with Crippen molar-refractivity contribution in [3.05, 3.63) is 89.5 Å². The zero-order valence-corrected chi connectivity index (χ0v) is 18.9. The van der Waals surface area contributed by atoms with Crippen LogP contribution in [-0.4, -0.2) is 21.4 Å². The van der Waals surface area contributed by atoms with Crippen LogP contribution in [0.3, 0.4) is 0 Å². The van der Waals surface area contributed by atoms with Crippen molar-refractivity contribution in [2.45, 2.75) is 38.0 Å². The van der Waals surface area contributed by atoms with Crippen LogP contribution in [0.5, 0.6) is 5.75 Å². The normalized spacial score (nSPS) is 11.2. The standard InChI is InChI=1S/C25H27NO4S/c1-4-5-7-20-12-14-22(15-13-20)26(25(27)21-8-6-9-23(18-21)30-3)31(28,29)24-16-10-19(2)11-17-24/h6,8-18H,4-5,7H2,1-3H3. The zero-order chi connectivity index (χ0) is 22.4. The van der Waals surface area contributed by atoms with E-state index in [0.717, 1.165) is 34.7 Å². The van der Waals surface area contributed by atoms with Gasteiger partial charge in [-0.05, 0) is 67.8 Å². The fourth-order valence-electron chi connectivity index (χ4n) is 3.23. The van der Waals surface area contributed by atoms with Gasteiger partial charge in [0, 0.05) is 5.56 Å². The van der Waals surface area contributed by atoms with Crippen LogP contribution in [0.1, 0.15) is 41.3 Å². The van der Waals surface area contributed by atoms with Crippen molar-refractivity contribution in [2.75, 3.05) is 11.4 Å². The predicted molar refractivity (Wildman–Crippen MR) is 123 cm³/mol. The van der Waals surface area contributed by atoms with Crippen molar-refractivity contribution in [1.82, 2.24) is 0 Å². The Bertz CT molecular complexity index is 1140. The Morgan fingerprint density at radius 1 is 0.968 bits per heavy atom. The molecule has 0 heterocycles. The van der Waals surface area contributed by atoms with Crippen molar-refractivity contribution in [3.8, 4) is 5.75 Å². The van der Waals surface area contributed by atoms with Crippen LogP contribution in [0.15, 0.2) is 77.7 Å². The minimum absolute atomic E-state index is 0.0596. The summed E-state index contributed by atoms with van der Waals surface area (Å²) >= 11 is 0. The van der Waals surface area contributed by atoms with E-state index in [9.17, 15) is 13.2 Å². The zero-order valence-electron chi connectivity index (χ0n) is 18.0. The SMILES string of the molecule is CCCCc1ccc(N(C(=O)c2cccc(OC)c2)S(=O)(=O)c2ccc(C)cc2)cc1. The number of carbonyl (C=O) groups excluding carboxylic acids is 1. The van der Waals surface area contributed by atoms with Gasteiger partial charge in [0.15, 0.2) is 0 Å². The molecule has 3 aromatic carbocycles. The van der Waals surface area contributed by atoms with E-state index in [4.69, 9.17) is 4.74 Å². The van der Waals surface area contributed by atoms with Gasteiger partial charge < -0.3 is 4.74 Å². The molecule has 0 N–H and O–H groups in total. The van der Waals surface area contributed by atoms with Crippen LogP contribution in [0.4, 0.5) is 5.69 Å². The lowest BCUT2D eigenvalue weighted by Crippen LogP contribution is -2.37. The molecule has 0 aromatic heterocycles. The molecular formula is C25H27NO4S. The van der Waals surface area contributed by atoms with Gasteiger partial charge in [0.05, 0.1) is 17.7 Å². The lowest BCUT2D eigenvalue weighted by atomic mass is 10.1. The van der Waals surface area contributed by atoms with E-state index in [1.54, 1.807) is 42.5 Å². The average Bonchev–Trinajstić information content (AvgIpc) is 2.78. The van der Waals surface area contributed by atoms with Crippen LogP contribution < -0.4 is 9.04 Å². The molecule has 0 fully saturated rings. The number of aryl methyl sites for hydroxylation is 2. The summed E-state index contributed by atoms with van der Waals surface area (Å²) in [5, 5.41) is 0. The molecule has 0 aliphatic carbocycles. The average molecular weight is 438 g/mol. The van der Waals surface area contributed by atoms with Gasteiger partial charge in [0.1, 0.15) is 5.75 Å². The Labute approximate surface area is 184 Å². The van der Waals surface area contributed by atoms with E-state index in [2.05, 4.69) is 6.92 Å². The van der Waals surface area contributed by atoms with E-state index in [-0.39, 0.29) is 10.5 Å². The molecule has 0 aliphatic heterocycles. The summed E-state index contributed by atoms with van der Waals surface area (Å²) in [6, 6.07) is 20.1. The molecule has 0 saturated heterocycles. The maximum Gasteiger partial charge on any atom is 0.272 e. The fraction of sp³-hybridized carbons (Fsp3) is 0.240. The van der Waals surface area contributed by atoms with Crippen molar-refractivity contribution < 1.29 is 17.9 Å². The minimum Gasteiger partial charge on any atom is -0.497 e. The highest BCUT2D eigenvalue weighted by molar-refractivity contribution is 7.93. The molecular weight excluding hydrogens is 410 g/mol. The Balaban J connectivity index is 2.09. The lowest BCUT2D eigenvalue weighted by molar-refractivity contribution is 0.100. The first kappa shape index (κ1) is 22.6. The van der Waals surface area contributed by atoms with Crippen LogP contribution >= 0.6 is 0 Å². The van der Waals surface area contributed by atoms with Gasteiger partial charge in [-0.1, -0.05) is 49.2 Å². The van der Waals surface area contributed by atoms with Gasteiger partial charge in [0.25, 0.3) is 15.9 Å². The number of ether oxygens (including phenoxy) is 1. The second-order valence-corrected chi connectivity index (χ2v) is 9.18. The number of hydrogen-bond donors (Lipinski definition) is 0. The largest absolute Gasteiger partial charge is 0.497 e. The molecule has 0 aliphatic rings. The second kappa shape index (κ2) is 9.79. The van der Waals surface area contributed by atoms with Crippen LogP contribution in [0.25, 0.3) is 0 Å². The fourth-order valence-corrected chi connectivity index (χ4v) is 4.65. The van der Waals surface area contributed by atoms with Crippen molar-refractivity contribution in [1.29, 1.82) is 0 Å². The number of carbonyl (C=O) groups is 1. The number of hydrogen-bond acceptors (Lipinski definition) is 4. The molecule has 0 bridgehead atoms. The number of sulfonamides is 1. The number of unbranched alkanes of at least 4 members (excludes halogenated alkanes) is 1. The Morgan fingerprint density at radius 3 is 2.26 bits per heavy atom. The second-order valence-electron chi connectivity index (χ2n) is 7.39. The third-order valence-electron chi connectivity index (χ3n) is 5.05. The van der Waals surface area contributed by atoms with Gasteiger partial charge in [0.2, 0.25) is 0 Å². The Hall–Kier alpha value is -3.12. The number of rotatable bonds is 8. The number of amides is 1. The third kappa shape index (κ3) is 5.14. The Morgan fingerprint density at radius 2 is 1.65 bits per heavy atom. The van der Waals surface area contributed by atoms with E-state index >= 15 is 0 Å². The van der Waals surface area contributed by atoms with Gasteiger partial charge >= 0.3 is 0 Å². The van der Waals surface area contributed by atoms with Crippen LogP contribution in [0, 0.1) is 6.92 Å². The van der Waals surface area contributed by atoms with Crippen molar-refractivity contribution in [3.63, 3.8) is 0 Å². The van der Waals surface area contributed by atoms with E-state index in [1.165, 1.54) is 25.3 Å². The number of anilines is 1. The number of benzene rings is 3. The summed E-state index contributed by atoms with van der Waals surface area (Å²) in [4.78, 5) is 13.5. The first-order valence-electron chi connectivity index (χ1n) is 10.3. The van der Waals surface area contributed by atoms with Crippen molar-refractivity contribution in [2.24, 2.45) is 0 Å².